The summed E-state index contributed by atoms with van der Waals surface area (Å²) in [5.74, 6) is -0.800. The van der Waals surface area contributed by atoms with Crippen molar-refractivity contribution in [3.05, 3.63) is 34.9 Å². The van der Waals surface area contributed by atoms with E-state index >= 15 is 0 Å². The van der Waals surface area contributed by atoms with Crippen LogP contribution in [0.2, 0.25) is 0 Å². The number of carbonyl (C=O) groups is 1. The molecule has 2 rings (SSSR count). The first-order chi connectivity index (χ1) is 7.53. The molecular weight excluding hydrogens is 204 g/mol. The summed E-state index contributed by atoms with van der Waals surface area (Å²) in [7, 11) is 0. The molecule has 1 aliphatic heterocycles. The van der Waals surface area contributed by atoms with E-state index in [-0.39, 0.29) is 0 Å². The molecular formula is C13H16O3. The molecule has 3 heteroatoms. The maximum absolute atomic E-state index is 11.3. The summed E-state index contributed by atoms with van der Waals surface area (Å²) in [5.41, 5.74) is 2.29. The zero-order valence-corrected chi connectivity index (χ0v) is 9.62. The van der Waals surface area contributed by atoms with Gasteiger partial charge in [0.25, 0.3) is 0 Å². The second kappa shape index (κ2) is 3.91. The Bertz CT molecular complexity index is 421. The van der Waals surface area contributed by atoms with E-state index in [0.29, 0.717) is 6.61 Å². The van der Waals surface area contributed by atoms with Gasteiger partial charge in [-0.2, -0.15) is 0 Å². The second-order valence-corrected chi connectivity index (χ2v) is 4.68. The molecule has 1 aliphatic rings. The number of aliphatic carboxylic acids is 1. The van der Waals surface area contributed by atoms with Crippen LogP contribution in [0, 0.1) is 0 Å². The van der Waals surface area contributed by atoms with Crippen molar-refractivity contribution in [2.75, 3.05) is 6.61 Å². The third-order valence-corrected chi connectivity index (χ3v) is 3.24. The smallest absolute Gasteiger partial charge is 0.313 e. The summed E-state index contributed by atoms with van der Waals surface area (Å²) in [6.07, 6.45) is 0.874. The fourth-order valence-corrected chi connectivity index (χ4v) is 2.10. The average Bonchev–Trinajstić information content (AvgIpc) is 2.28. The predicted molar refractivity (Wildman–Crippen MR) is 60.5 cm³/mol. The first-order valence-corrected chi connectivity index (χ1v) is 5.46. The number of carboxylic acid groups (broad SMARTS) is 1. The molecule has 0 amide bonds. The van der Waals surface area contributed by atoms with Crippen LogP contribution in [0.25, 0.3) is 0 Å². The Kier molecular flexibility index (Phi) is 2.72. The van der Waals surface area contributed by atoms with Gasteiger partial charge in [-0.3, -0.25) is 4.79 Å². The molecule has 0 bridgehead atoms. The summed E-state index contributed by atoms with van der Waals surface area (Å²) in [5, 5.41) is 9.26. The van der Waals surface area contributed by atoms with E-state index in [1.807, 2.05) is 12.1 Å². The van der Waals surface area contributed by atoms with Crippen LogP contribution >= 0.6 is 0 Å². The van der Waals surface area contributed by atoms with Crippen molar-refractivity contribution < 1.29 is 14.6 Å². The molecule has 0 fully saturated rings. The molecule has 1 N–H and O–H groups in total. The molecule has 1 aromatic rings. The van der Waals surface area contributed by atoms with Crippen LogP contribution in [-0.2, 0) is 28.0 Å². The lowest BCUT2D eigenvalue weighted by molar-refractivity contribution is -0.142. The van der Waals surface area contributed by atoms with Crippen molar-refractivity contribution >= 4 is 5.97 Å². The van der Waals surface area contributed by atoms with Gasteiger partial charge < -0.3 is 9.84 Å². The topological polar surface area (TPSA) is 46.5 Å². The lowest BCUT2D eigenvalue weighted by atomic mass is 9.80. The van der Waals surface area contributed by atoms with Crippen molar-refractivity contribution in [2.45, 2.75) is 32.3 Å². The summed E-state index contributed by atoms with van der Waals surface area (Å²) in [6, 6.07) is 5.88. The zero-order valence-electron chi connectivity index (χ0n) is 9.62. The minimum atomic E-state index is -0.855. The number of hydrogen-bond acceptors (Lipinski definition) is 2. The van der Waals surface area contributed by atoms with Crippen molar-refractivity contribution in [3.8, 4) is 0 Å². The molecule has 0 radical (unpaired) electrons. The van der Waals surface area contributed by atoms with Gasteiger partial charge in [0.05, 0.1) is 18.6 Å². The standard InChI is InChI=1S/C13H16O3/c1-13(2,12(14)15)11-5-3-4-9-6-7-16-8-10(9)11/h3-5H,6-8H2,1-2H3,(H,14,15). The summed E-state index contributed by atoms with van der Waals surface area (Å²) in [4.78, 5) is 11.3. The summed E-state index contributed by atoms with van der Waals surface area (Å²) < 4.78 is 5.42. The molecule has 16 heavy (non-hydrogen) atoms. The Morgan fingerprint density at radius 2 is 2.19 bits per heavy atom. The van der Waals surface area contributed by atoms with Crippen LogP contribution in [0.15, 0.2) is 18.2 Å². The Hall–Kier alpha value is -1.35. The maximum Gasteiger partial charge on any atom is 0.313 e. The molecule has 0 atom stereocenters. The molecule has 0 saturated heterocycles. The minimum absolute atomic E-state index is 0.530. The third kappa shape index (κ3) is 1.71. The van der Waals surface area contributed by atoms with E-state index in [9.17, 15) is 9.90 Å². The van der Waals surface area contributed by atoms with Gasteiger partial charge in [0.1, 0.15) is 0 Å². The van der Waals surface area contributed by atoms with Gasteiger partial charge in [0, 0.05) is 0 Å². The predicted octanol–water partition coefficient (Wildman–Crippen LogP) is 2.12. The van der Waals surface area contributed by atoms with E-state index in [2.05, 4.69) is 6.07 Å². The molecule has 86 valence electrons. The Morgan fingerprint density at radius 3 is 2.88 bits per heavy atom. The number of hydrogen-bond donors (Lipinski definition) is 1. The first kappa shape index (κ1) is 11.1. The lowest BCUT2D eigenvalue weighted by Gasteiger charge is -2.27. The molecule has 0 saturated carbocycles. The number of fused-ring (bicyclic) bond motifs is 1. The fourth-order valence-electron chi connectivity index (χ4n) is 2.10. The lowest BCUT2D eigenvalue weighted by Crippen LogP contribution is -2.31. The van der Waals surface area contributed by atoms with E-state index in [1.54, 1.807) is 13.8 Å². The van der Waals surface area contributed by atoms with Gasteiger partial charge in [-0.25, -0.2) is 0 Å². The number of benzene rings is 1. The van der Waals surface area contributed by atoms with Crippen molar-refractivity contribution in [1.29, 1.82) is 0 Å². The fraction of sp³-hybridized carbons (Fsp3) is 0.462. The van der Waals surface area contributed by atoms with Gasteiger partial charge in [-0.1, -0.05) is 18.2 Å². The largest absolute Gasteiger partial charge is 0.481 e. The molecule has 3 nitrogen and oxygen atoms in total. The highest BCUT2D eigenvalue weighted by molar-refractivity contribution is 5.81. The average molecular weight is 220 g/mol. The van der Waals surface area contributed by atoms with E-state index < -0.39 is 11.4 Å². The number of ether oxygens (including phenoxy) is 1. The van der Waals surface area contributed by atoms with Gasteiger partial charge in [0.2, 0.25) is 0 Å². The van der Waals surface area contributed by atoms with Crippen LogP contribution in [0.3, 0.4) is 0 Å². The van der Waals surface area contributed by atoms with Crippen LogP contribution in [0.1, 0.15) is 30.5 Å². The molecule has 0 aromatic heterocycles. The zero-order chi connectivity index (χ0) is 11.8. The molecule has 1 heterocycles. The minimum Gasteiger partial charge on any atom is -0.481 e. The highest BCUT2D eigenvalue weighted by atomic mass is 16.5. The maximum atomic E-state index is 11.3. The highest BCUT2D eigenvalue weighted by Gasteiger charge is 2.32. The number of rotatable bonds is 2. The molecule has 0 unspecified atom stereocenters. The Labute approximate surface area is 95.0 Å². The van der Waals surface area contributed by atoms with Gasteiger partial charge in [0.15, 0.2) is 0 Å². The molecule has 0 aliphatic carbocycles. The molecule has 0 spiro atoms. The Morgan fingerprint density at radius 1 is 1.44 bits per heavy atom. The highest BCUT2D eigenvalue weighted by Crippen LogP contribution is 2.31. The first-order valence-electron chi connectivity index (χ1n) is 5.46. The third-order valence-electron chi connectivity index (χ3n) is 3.24. The summed E-state index contributed by atoms with van der Waals surface area (Å²) in [6.45, 7) is 4.73. The van der Waals surface area contributed by atoms with Crippen LogP contribution in [0.4, 0.5) is 0 Å². The van der Waals surface area contributed by atoms with Gasteiger partial charge in [-0.05, 0) is 37.0 Å². The van der Waals surface area contributed by atoms with E-state index in [4.69, 9.17) is 4.74 Å². The van der Waals surface area contributed by atoms with Crippen LogP contribution < -0.4 is 0 Å². The Balaban J connectivity index is 2.53. The SMILES string of the molecule is CC(C)(C(=O)O)c1cccc2c1COCC2. The molecule has 1 aromatic carbocycles. The van der Waals surface area contributed by atoms with Gasteiger partial charge in [-0.15, -0.1) is 0 Å². The normalized spacial score (nSPS) is 15.6. The van der Waals surface area contributed by atoms with Crippen molar-refractivity contribution in [1.82, 2.24) is 0 Å². The van der Waals surface area contributed by atoms with Crippen LogP contribution in [0.5, 0.6) is 0 Å². The van der Waals surface area contributed by atoms with E-state index in [0.717, 1.165) is 24.2 Å². The van der Waals surface area contributed by atoms with Crippen LogP contribution in [-0.4, -0.2) is 17.7 Å². The van der Waals surface area contributed by atoms with E-state index in [1.165, 1.54) is 5.56 Å². The number of carboxylic acids is 1. The summed E-state index contributed by atoms with van der Waals surface area (Å²) >= 11 is 0. The second-order valence-electron chi connectivity index (χ2n) is 4.68. The quantitative estimate of drug-likeness (QED) is 0.830. The van der Waals surface area contributed by atoms with Gasteiger partial charge >= 0.3 is 5.97 Å². The van der Waals surface area contributed by atoms with Crippen molar-refractivity contribution in [2.24, 2.45) is 0 Å². The van der Waals surface area contributed by atoms with Crippen molar-refractivity contribution in [3.63, 3.8) is 0 Å². The monoisotopic (exact) mass is 220 g/mol.